The van der Waals surface area contributed by atoms with E-state index < -0.39 is 17.5 Å². The van der Waals surface area contributed by atoms with Crippen molar-refractivity contribution in [1.29, 1.82) is 0 Å². The molecule has 4 nitrogen and oxygen atoms in total. The maximum Gasteiger partial charge on any atom is 0.350 e. The van der Waals surface area contributed by atoms with Crippen molar-refractivity contribution in [2.75, 3.05) is 6.61 Å². The molecule has 0 radical (unpaired) electrons. The van der Waals surface area contributed by atoms with Gasteiger partial charge in [-0.15, -0.1) is 0 Å². The Hall–Kier alpha value is -1.32. The molecule has 4 heteroatoms. The Kier molecular flexibility index (Phi) is 4.34. The lowest BCUT2D eigenvalue weighted by molar-refractivity contribution is -0.175. The summed E-state index contributed by atoms with van der Waals surface area (Å²) in [6.45, 7) is 9.84. The van der Waals surface area contributed by atoms with Crippen LogP contribution < -0.4 is 0 Å². The Morgan fingerprint density at radius 2 is 1.86 bits per heavy atom. The molecule has 0 aromatic carbocycles. The van der Waals surface area contributed by atoms with Crippen LogP contribution in [0, 0.1) is 0 Å². The Labute approximate surface area is 83.9 Å². The number of esters is 2. The Morgan fingerprint density at radius 3 is 2.21 bits per heavy atom. The van der Waals surface area contributed by atoms with E-state index in [2.05, 4.69) is 6.58 Å². The monoisotopic (exact) mass is 200 g/mol. The van der Waals surface area contributed by atoms with E-state index in [1.54, 1.807) is 6.92 Å². The van der Waals surface area contributed by atoms with Gasteiger partial charge in [0.2, 0.25) is 5.60 Å². The van der Waals surface area contributed by atoms with Gasteiger partial charge in [0, 0.05) is 5.57 Å². The zero-order valence-corrected chi connectivity index (χ0v) is 9.05. The molecule has 0 spiro atoms. The second-order valence-electron chi connectivity index (χ2n) is 3.40. The van der Waals surface area contributed by atoms with Crippen molar-refractivity contribution in [2.24, 2.45) is 0 Å². The third-order valence-corrected chi connectivity index (χ3v) is 1.46. The largest absolute Gasteiger partial charge is 0.463 e. The molecule has 0 bridgehead atoms. The van der Waals surface area contributed by atoms with E-state index in [-0.39, 0.29) is 12.2 Å². The zero-order chi connectivity index (χ0) is 11.4. The Morgan fingerprint density at radius 1 is 1.36 bits per heavy atom. The summed E-state index contributed by atoms with van der Waals surface area (Å²) in [5.41, 5.74) is -1.01. The van der Waals surface area contributed by atoms with Gasteiger partial charge < -0.3 is 9.47 Å². The van der Waals surface area contributed by atoms with Gasteiger partial charge in [0.05, 0.1) is 6.61 Å². The highest BCUT2D eigenvalue weighted by molar-refractivity contribution is 5.90. The molecule has 0 aromatic rings. The Balaban J connectivity index is 4.40. The Bertz CT molecular complexity index is 253. The van der Waals surface area contributed by atoms with Crippen LogP contribution in [0.1, 0.15) is 27.7 Å². The summed E-state index contributed by atoms with van der Waals surface area (Å²) in [7, 11) is 0. The van der Waals surface area contributed by atoms with Crippen LogP contribution in [-0.4, -0.2) is 24.1 Å². The quantitative estimate of drug-likeness (QED) is 0.509. The highest BCUT2D eigenvalue weighted by Gasteiger charge is 2.33. The number of ether oxygens (including phenoxy) is 2. The summed E-state index contributed by atoms with van der Waals surface area (Å²) in [5.74, 6) is -1.15. The zero-order valence-electron chi connectivity index (χ0n) is 9.05. The number of carbonyl (C=O) groups is 2. The number of rotatable bonds is 4. The molecule has 0 aliphatic rings. The second-order valence-corrected chi connectivity index (χ2v) is 3.40. The van der Waals surface area contributed by atoms with Crippen LogP contribution in [0.2, 0.25) is 0 Å². The summed E-state index contributed by atoms with van der Waals surface area (Å²) in [6.07, 6.45) is 0. The minimum Gasteiger partial charge on any atom is -0.463 e. The molecule has 0 unspecified atom stereocenters. The van der Waals surface area contributed by atoms with Crippen molar-refractivity contribution in [3.8, 4) is 0 Å². The van der Waals surface area contributed by atoms with Gasteiger partial charge in [-0.2, -0.15) is 0 Å². The molecule has 0 heterocycles. The van der Waals surface area contributed by atoms with Gasteiger partial charge in [0.1, 0.15) is 0 Å². The topological polar surface area (TPSA) is 52.6 Å². The first-order chi connectivity index (χ1) is 6.31. The van der Waals surface area contributed by atoms with Crippen molar-refractivity contribution in [2.45, 2.75) is 33.3 Å². The molecule has 0 saturated carbocycles. The molecule has 14 heavy (non-hydrogen) atoms. The lowest BCUT2D eigenvalue weighted by atomic mass is 10.1. The molecule has 0 aromatic heterocycles. The molecule has 0 aliphatic heterocycles. The molecule has 0 atom stereocenters. The van der Waals surface area contributed by atoms with Gasteiger partial charge >= 0.3 is 11.9 Å². The molecular formula is C10H16O4. The van der Waals surface area contributed by atoms with Gasteiger partial charge in [-0.1, -0.05) is 6.58 Å². The fourth-order valence-corrected chi connectivity index (χ4v) is 0.665. The fraction of sp³-hybridized carbons (Fsp3) is 0.600. The van der Waals surface area contributed by atoms with Crippen molar-refractivity contribution in [1.82, 2.24) is 0 Å². The summed E-state index contributed by atoms with van der Waals surface area (Å²) < 4.78 is 9.64. The molecule has 0 fully saturated rings. The molecular weight excluding hydrogens is 184 g/mol. The van der Waals surface area contributed by atoms with E-state index in [9.17, 15) is 9.59 Å². The predicted octanol–water partition coefficient (Wildman–Crippen LogP) is 1.45. The van der Waals surface area contributed by atoms with Gasteiger partial charge in [-0.3, -0.25) is 0 Å². The van der Waals surface area contributed by atoms with Crippen LogP contribution in [0.5, 0.6) is 0 Å². The van der Waals surface area contributed by atoms with E-state index in [0.717, 1.165) is 0 Å². The molecule has 0 amide bonds. The predicted molar refractivity (Wildman–Crippen MR) is 51.6 cm³/mol. The van der Waals surface area contributed by atoms with Crippen LogP contribution >= 0.6 is 0 Å². The van der Waals surface area contributed by atoms with E-state index in [1.165, 1.54) is 20.8 Å². The molecule has 0 rings (SSSR count). The first kappa shape index (κ1) is 12.7. The lowest BCUT2D eigenvalue weighted by Gasteiger charge is -2.22. The summed E-state index contributed by atoms with van der Waals surface area (Å²) in [6, 6.07) is 0. The third kappa shape index (κ3) is 3.60. The van der Waals surface area contributed by atoms with Crippen LogP contribution in [0.4, 0.5) is 0 Å². The maximum atomic E-state index is 11.3. The van der Waals surface area contributed by atoms with E-state index in [0.29, 0.717) is 0 Å². The molecule has 0 aliphatic carbocycles. The van der Waals surface area contributed by atoms with E-state index in [1.807, 2.05) is 0 Å². The van der Waals surface area contributed by atoms with Gasteiger partial charge in [-0.25, -0.2) is 9.59 Å². The van der Waals surface area contributed by atoms with Gasteiger partial charge in [0.25, 0.3) is 0 Å². The summed E-state index contributed by atoms with van der Waals surface area (Å²) in [5, 5.41) is 0. The highest BCUT2D eigenvalue weighted by Crippen LogP contribution is 2.13. The SMILES string of the molecule is C=C(C)C(=O)OC(C)(C)C(=O)OCC. The smallest absolute Gasteiger partial charge is 0.350 e. The summed E-state index contributed by atoms with van der Waals surface area (Å²) >= 11 is 0. The molecule has 0 N–H and O–H groups in total. The lowest BCUT2D eigenvalue weighted by Crippen LogP contribution is -2.38. The summed E-state index contributed by atoms with van der Waals surface area (Å²) in [4.78, 5) is 22.4. The van der Waals surface area contributed by atoms with Crippen LogP contribution in [0.25, 0.3) is 0 Å². The van der Waals surface area contributed by atoms with Crippen molar-refractivity contribution in [3.63, 3.8) is 0 Å². The minimum atomic E-state index is -1.26. The average molecular weight is 200 g/mol. The van der Waals surface area contributed by atoms with Crippen LogP contribution in [0.3, 0.4) is 0 Å². The minimum absolute atomic E-state index is 0.252. The van der Waals surface area contributed by atoms with Gasteiger partial charge in [0.15, 0.2) is 0 Å². The average Bonchev–Trinajstić information content (AvgIpc) is 2.03. The van der Waals surface area contributed by atoms with Gasteiger partial charge in [-0.05, 0) is 27.7 Å². The maximum absolute atomic E-state index is 11.3. The standard InChI is InChI=1S/C10H16O4/c1-6-13-9(12)10(4,5)14-8(11)7(2)3/h2,6H2,1,3-5H3. The second kappa shape index (κ2) is 4.79. The third-order valence-electron chi connectivity index (χ3n) is 1.46. The fourth-order valence-electron chi connectivity index (χ4n) is 0.665. The van der Waals surface area contributed by atoms with Crippen molar-refractivity contribution in [3.05, 3.63) is 12.2 Å². The molecule has 0 saturated heterocycles. The van der Waals surface area contributed by atoms with Crippen LogP contribution in [-0.2, 0) is 19.1 Å². The van der Waals surface area contributed by atoms with Crippen molar-refractivity contribution >= 4 is 11.9 Å². The molecule has 80 valence electrons. The van der Waals surface area contributed by atoms with E-state index in [4.69, 9.17) is 9.47 Å². The normalized spacial score (nSPS) is 10.6. The first-order valence-corrected chi connectivity index (χ1v) is 4.37. The first-order valence-electron chi connectivity index (χ1n) is 4.37. The van der Waals surface area contributed by atoms with E-state index >= 15 is 0 Å². The number of hydrogen-bond acceptors (Lipinski definition) is 4. The van der Waals surface area contributed by atoms with Crippen LogP contribution in [0.15, 0.2) is 12.2 Å². The number of carbonyl (C=O) groups excluding carboxylic acids is 2. The number of hydrogen-bond donors (Lipinski definition) is 0. The highest BCUT2D eigenvalue weighted by atomic mass is 16.6. The van der Waals surface area contributed by atoms with Crippen molar-refractivity contribution < 1.29 is 19.1 Å².